The Bertz CT molecular complexity index is 2550. The molecule has 57 heavy (non-hydrogen) atoms. The van der Waals surface area contributed by atoms with Gasteiger partial charge in [0.15, 0.2) is 5.71 Å². The molecule has 15 nitrogen and oxygen atoms in total. The Morgan fingerprint density at radius 2 is 1.68 bits per heavy atom. The summed E-state index contributed by atoms with van der Waals surface area (Å²) < 4.78 is 76.8. The molecule has 0 unspecified atom stereocenters. The number of rotatable bonds is 11. The monoisotopic (exact) mass is 822 g/mol. The lowest BCUT2D eigenvalue weighted by molar-refractivity contribution is -0.438. The lowest BCUT2D eigenvalue weighted by atomic mass is 9.81. The number of hydrogen-bond acceptors (Lipinski definition) is 11. The van der Waals surface area contributed by atoms with E-state index >= 15 is 0 Å². The van der Waals surface area contributed by atoms with Crippen LogP contribution in [0.3, 0.4) is 0 Å². The van der Waals surface area contributed by atoms with Crippen LogP contribution in [0.4, 0.5) is 17.2 Å². The predicted octanol–water partition coefficient (Wildman–Crippen LogP) is 3.82. The van der Waals surface area contributed by atoms with E-state index in [2.05, 4.69) is 26.3 Å². The van der Waals surface area contributed by atoms with Crippen molar-refractivity contribution in [3.63, 3.8) is 0 Å². The minimum Gasteiger partial charge on any atom is -0.394 e. The number of nitrogens with two attached hydrogens (primary N) is 1. The van der Waals surface area contributed by atoms with Crippen LogP contribution in [0.15, 0.2) is 81.1 Å². The Hall–Kier alpha value is -4.67. The van der Waals surface area contributed by atoms with Gasteiger partial charge in [-0.2, -0.15) is 26.4 Å². The summed E-state index contributed by atoms with van der Waals surface area (Å²) in [4.78, 5) is 18.1. The number of aromatic nitrogens is 2. The molecule has 0 saturated carbocycles. The van der Waals surface area contributed by atoms with Crippen molar-refractivity contribution in [2.45, 2.75) is 99.4 Å². The summed E-state index contributed by atoms with van der Waals surface area (Å²) in [5.74, 6) is 6.05. The zero-order chi connectivity index (χ0) is 41.7. The van der Waals surface area contributed by atoms with Crippen LogP contribution in [-0.4, -0.2) is 87.9 Å². The number of likely N-dealkylation sites (N-methyl/N-ethyl adjacent to an activating group) is 1. The van der Waals surface area contributed by atoms with Gasteiger partial charge in [0.25, 0.3) is 20.2 Å². The first-order valence-electron chi connectivity index (χ1n) is 18.6. The molecule has 0 amide bonds. The summed E-state index contributed by atoms with van der Waals surface area (Å²) in [6, 6.07) is 9.19. The number of unbranched alkanes of at least 4 members (excludes halogenated alkanes) is 2. The molecule has 4 heterocycles. The third-order valence-corrected chi connectivity index (χ3v) is 12.7. The number of allylic oxidation sites excluding steroid dienone is 4. The second kappa shape index (κ2) is 15.6. The summed E-state index contributed by atoms with van der Waals surface area (Å²) in [7, 11) is -8.86. The normalized spacial score (nSPS) is 21.9. The summed E-state index contributed by atoms with van der Waals surface area (Å²) >= 11 is 0. The molecule has 3 aliphatic heterocycles. The predicted molar refractivity (Wildman–Crippen MR) is 214 cm³/mol. The first-order valence-corrected chi connectivity index (χ1v) is 21.5. The van der Waals surface area contributed by atoms with Gasteiger partial charge in [0.2, 0.25) is 5.69 Å². The van der Waals surface area contributed by atoms with E-state index < -0.39 is 61.8 Å². The zero-order valence-corrected chi connectivity index (χ0v) is 34.0. The Balaban J connectivity index is 1.26. The Morgan fingerprint density at radius 1 is 1.02 bits per heavy atom. The summed E-state index contributed by atoms with van der Waals surface area (Å²) in [5.41, 5.74) is 9.36. The van der Waals surface area contributed by atoms with Crippen molar-refractivity contribution in [1.82, 2.24) is 9.55 Å². The third kappa shape index (κ3) is 8.08. The van der Waals surface area contributed by atoms with E-state index in [0.717, 1.165) is 33.9 Å². The molecular weight excluding hydrogens is 775 g/mol. The Labute approximate surface area is 332 Å². The molecule has 304 valence electrons. The van der Waals surface area contributed by atoms with Gasteiger partial charge in [-0.05, 0) is 69.2 Å². The second-order valence-corrected chi connectivity index (χ2v) is 18.2. The highest BCUT2D eigenvalue weighted by Gasteiger charge is 2.45. The topological polar surface area (TPSA) is 226 Å². The number of aliphatic hydroxyl groups is 2. The molecule has 17 heteroatoms. The van der Waals surface area contributed by atoms with Crippen LogP contribution in [-0.2, 0) is 35.8 Å². The molecule has 1 aromatic heterocycles. The van der Waals surface area contributed by atoms with Crippen LogP contribution >= 0.6 is 0 Å². The van der Waals surface area contributed by atoms with E-state index in [1.54, 1.807) is 12.1 Å². The van der Waals surface area contributed by atoms with E-state index in [4.69, 9.17) is 10.5 Å². The van der Waals surface area contributed by atoms with E-state index in [0.29, 0.717) is 37.9 Å². The number of anilines is 2. The molecule has 3 aliphatic rings. The molecule has 3 aromatic rings. The van der Waals surface area contributed by atoms with Gasteiger partial charge in [-0.15, -0.1) is 0 Å². The average molecular weight is 823 g/mol. The lowest BCUT2D eigenvalue weighted by Crippen LogP contribution is -2.28. The maximum atomic E-state index is 12.5. The van der Waals surface area contributed by atoms with Crippen molar-refractivity contribution in [2.24, 2.45) is 0 Å². The number of nitrogens with zero attached hydrogens (tertiary/aromatic N) is 4. The standard InChI is InChI=1S/C40H47N5O10S2/c1-6-43-30-17-15-26(56(49,50)51)20-28(30)39(2,3)34(43)13-11-14-35-40(4,5)29-21-27(57(52,53)54)16-18-31(29)44(35)19-10-8-7-9-12-25-23-45(38(48)42-37(25)41)36-22-32(47)33(24-46)55-36/h11,13-18,20-21,23,32-33,36,46-47H,6-8,10,19,22,24H2,1-5H3,(H3-,41,42,48,49,50,51,52,53,54)/p+1/t32-,33-,36-/m1/s1. The number of benzene rings is 2. The molecular formula is C40H48N5O10S2+. The number of hydrogen-bond donors (Lipinski definition) is 5. The highest BCUT2D eigenvalue weighted by atomic mass is 32.2. The van der Waals surface area contributed by atoms with Crippen LogP contribution in [0.5, 0.6) is 0 Å². The van der Waals surface area contributed by atoms with Crippen molar-refractivity contribution < 1.29 is 45.5 Å². The molecule has 0 aliphatic carbocycles. The van der Waals surface area contributed by atoms with Crippen LogP contribution in [0.1, 0.15) is 83.2 Å². The van der Waals surface area contributed by atoms with Crippen LogP contribution < -0.4 is 16.3 Å². The molecule has 0 bridgehead atoms. The minimum absolute atomic E-state index is 0.0306. The van der Waals surface area contributed by atoms with Gasteiger partial charge in [-0.25, -0.2) is 4.79 Å². The zero-order valence-electron chi connectivity index (χ0n) is 32.4. The molecule has 6 rings (SSSR count). The SMILES string of the molecule is CCN1/C(=C/C=C/C2=[N+](CCCCC#Cc3cn([C@H]4C[C@@H](O)[C@@H](CO)O4)c(=O)nc3N)c3ccc(S(=O)(=O)O)cc3C2(C)C)C(C)(C)c2cc(S(=O)(=O)O)ccc21. The van der Waals surface area contributed by atoms with Gasteiger partial charge in [-0.1, -0.05) is 31.8 Å². The molecule has 6 N–H and O–H groups in total. The largest absolute Gasteiger partial charge is 0.394 e. The maximum absolute atomic E-state index is 12.5. The Morgan fingerprint density at radius 3 is 2.32 bits per heavy atom. The highest BCUT2D eigenvalue weighted by Crippen LogP contribution is 2.48. The number of ether oxygens (including phenoxy) is 1. The maximum Gasteiger partial charge on any atom is 0.351 e. The van der Waals surface area contributed by atoms with Crippen LogP contribution in [0.25, 0.3) is 0 Å². The second-order valence-electron chi connectivity index (χ2n) is 15.4. The van der Waals surface area contributed by atoms with Gasteiger partial charge < -0.3 is 25.6 Å². The summed E-state index contributed by atoms with van der Waals surface area (Å²) in [6.07, 6.45) is 6.73. The van der Waals surface area contributed by atoms with E-state index in [-0.39, 0.29) is 22.0 Å². The van der Waals surface area contributed by atoms with E-state index in [9.17, 15) is 40.9 Å². The fourth-order valence-corrected chi connectivity index (χ4v) is 8.93. The van der Waals surface area contributed by atoms with Crippen molar-refractivity contribution in [2.75, 3.05) is 30.3 Å². The first-order chi connectivity index (χ1) is 26.7. The molecule has 2 aromatic carbocycles. The van der Waals surface area contributed by atoms with Crippen molar-refractivity contribution in [3.05, 3.63) is 93.7 Å². The molecule has 1 saturated heterocycles. The van der Waals surface area contributed by atoms with E-state index in [1.165, 1.54) is 35.0 Å². The van der Waals surface area contributed by atoms with Gasteiger partial charge >= 0.3 is 5.69 Å². The van der Waals surface area contributed by atoms with Gasteiger partial charge in [-0.3, -0.25) is 13.7 Å². The molecule has 3 atom stereocenters. The highest BCUT2D eigenvalue weighted by molar-refractivity contribution is 7.86. The fraction of sp³-hybridized carbons (Fsp3) is 0.425. The van der Waals surface area contributed by atoms with Crippen molar-refractivity contribution in [3.8, 4) is 11.8 Å². The quantitative estimate of drug-likeness (QED) is 0.0804. The van der Waals surface area contributed by atoms with Crippen LogP contribution in [0, 0.1) is 11.8 Å². The van der Waals surface area contributed by atoms with Gasteiger partial charge in [0.1, 0.15) is 24.7 Å². The molecule has 1 fully saturated rings. The fourth-order valence-electron chi connectivity index (χ4n) is 7.92. The van der Waals surface area contributed by atoms with Gasteiger partial charge in [0, 0.05) is 66.5 Å². The Kier molecular flexibility index (Phi) is 11.5. The van der Waals surface area contributed by atoms with E-state index in [1.807, 2.05) is 52.8 Å². The van der Waals surface area contributed by atoms with Crippen molar-refractivity contribution in [1.29, 1.82) is 0 Å². The summed E-state index contributed by atoms with van der Waals surface area (Å²) in [6.45, 7) is 10.7. The number of fused-ring (bicyclic) bond motifs is 2. The smallest absolute Gasteiger partial charge is 0.351 e. The number of nitrogen functional groups attached to an aromatic ring is 1. The lowest BCUT2D eigenvalue weighted by Gasteiger charge is -2.25. The summed E-state index contributed by atoms with van der Waals surface area (Å²) in [5, 5.41) is 19.6. The van der Waals surface area contributed by atoms with Crippen LogP contribution in [0.2, 0.25) is 0 Å². The number of aliphatic hydroxyl groups excluding tert-OH is 2. The first kappa shape index (κ1) is 41.9. The van der Waals surface area contributed by atoms with Gasteiger partial charge in [0.05, 0.1) is 33.5 Å². The average Bonchev–Trinajstić information content (AvgIpc) is 3.69. The third-order valence-electron chi connectivity index (χ3n) is 11.0. The molecule has 0 spiro atoms. The molecule has 0 radical (unpaired) electrons. The van der Waals surface area contributed by atoms with Crippen molar-refractivity contribution >= 4 is 43.1 Å². The minimum atomic E-state index is -4.46.